The summed E-state index contributed by atoms with van der Waals surface area (Å²) >= 11 is 0. The second-order valence-corrected chi connectivity index (χ2v) is 8.64. The van der Waals surface area contributed by atoms with Crippen LogP contribution in [-0.2, 0) is 11.3 Å². The van der Waals surface area contributed by atoms with Crippen LogP contribution in [0.25, 0.3) is 0 Å². The van der Waals surface area contributed by atoms with E-state index in [1.165, 1.54) is 25.3 Å². The molecule has 2 amide bonds. The smallest absolute Gasteiger partial charge is 0.255 e. The molecule has 2 fully saturated rings. The topological polar surface area (TPSA) is 52.7 Å². The molecule has 6 heteroatoms. The van der Waals surface area contributed by atoms with Crippen LogP contribution in [0.5, 0.6) is 0 Å². The van der Waals surface area contributed by atoms with E-state index in [0.29, 0.717) is 35.9 Å². The van der Waals surface area contributed by atoms with Crippen LogP contribution in [0.2, 0.25) is 0 Å². The average molecular weight is 424 g/mol. The van der Waals surface area contributed by atoms with Gasteiger partial charge in [0.1, 0.15) is 5.82 Å². The molecule has 1 N–H and O–H groups in total. The maximum Gasteiger partial charge on any atom is 0.255 e. The first-order valence-electron chi connectivity index (χ1n) is 11.2. The van der Waals surface area contributed by atoms with Crippen molar-refractivity contribution >= 4 is 23.2 Å². The summed E-state index contributed by atoms with van der Waals surface area (Å²) in [6, 6.07) is 12.5. The first-order chi connectivity index (χ1) is 15.0. The van der Waals surface area contributed by atoms with Gasteiger partial charge in [-0.15, -0.1) is 0 Å². The van der Waals surface area contributed by atoms with Crippen molar-refractivity contribution in [3.05, 3.63) is 59.4 Å². The summed E-state index contributed by atoms with van der Waals surface area (Å²) < 4.78 is 14.8. The molecule has 0 radical (unpaired) electrons. The third kappa shape index (κ3) is 5.06. The van der Waals surface area contributed by atoms with Crippen molar-refractivity contribution in [3.8, 4) is 0 Å². The maximum atomic E-state index is 14.8. The standard InChI is InChI=1S/C25H30FN3O2/c1-28(21-6-3-2-4-7-21)23-14-13-20(16-22(23)26)27-25(31)19-11-9-18(10-12-19)17-29-15-5-8-24(29)30/h9-14,16,21H,2-8,15,17H2,1H3,(H,27,31). The molecule has 0 unspecified atom stereocenters. The zero-order valence-corrected chi connectivity index (χ0v) is 18.1. The Hall–Kier alpha value is -2.89. The van der Waals surface area contributed by atoms with E-state index in [2.05, 4.69) is 5.32 Å². The van der Waals surface area contributed by atoms with Gasteiger partial charge in [0, 0.05) is 43.9 Å². The number of halogens is 1. The van der Waals surface area contributed by atoms with E-state index in [1.54, 1.807) is 24.3 Å². The van der Waals surface area contributed by atoms with Crippen LogP contribution < -0.4 is 10.2 Å². The molecule has 0 aromatic heterocycles. The molecule has 0 spiro atoms. The third-order valence-electron chi connectivity index (χ3n) is 6.47. The van der Waals surface area contributed by atoms with Crippen molar-refractivity contribution in [2.75, 3.05) is 23.8 Å². The SMILES string of the molecule is CN(c1ccc(NC(=O)c2ccc(CN3CCCC3=O)cc2)cc1F)C1CCCCC1. The molecule has 5 nitrogen and oxygen atoms in total. The van der Waals surface area contributed by atoms with Crippen molar-refractivity contribution in [2.24, 2.45) is 0 Å². The Bertz CT molecular complexity index is 938. The summed E-state index contributed by atoms with van der Waals surface area (Å²) in [5, 5.41) is 2.78. The monoisotopic (exact) mass is 423 g/mol. The Kier molecular flexibility index (Phi) is 6.54. The van der Waals surface area contributed by atoms with Crippen molar-refractivity contribution in [3.63, 3.8) is 0 Å². The first-order valence-corrected chi connectivity index (χ1v) is 11.2. The van der Waals surface area contributed by atoms with Crippen LogP contribution in [0.1, 0.15) is 60.9 Å². The zero-order valence-electron chi connectivity index (χ0n) is 18.1. The molecule has 4 rings (SSSR count). The quantitative estimate of drug-likeness (QED) is 0.714. The lowest BCUT2D eigenvalue weighted by Gasteiger charge is -2.33. The number of hydrogen-bond acceptors (Lipinski definition) is 3. The number of carbonyl (C=O) groups excluding carboxylic acids is 2. The van der Waals surface area contributed by atoms with Gasteiger partial charge >= 0.3 is 0 Å². The summed E-state index contributed by atoms with van der Waals surface area (Å²) in [6.45, 7) is 1.36. The van der Waals surface area contributed by atoms with E-state index in [4.69, 9.17) is 0 Å². The van der Waals surface area contributed by atoms with E-state index in [0.717, 1.165) is 31.4 Å². The van der Waals surface area contributed by atoms with E-state index < -0.39 is 0 Å². The summed E-state index contributed by atoms with van der Waals surface area (Å²) in [6.07, 6.45) is 7.36. The Morgan fingerprint density at radius 1 is 1.10 bits per heavy atom. The van der Waals surface area contributed by atoms with Crippen LogP contribution in [0.15, 0.2) is 42.5 Å². The predicted molar refractivity (Wildman–Crippen MR) is 121 cm³/mol. The number of rotatable bonds is 6. The lowest BCUT2D eigenvalue weighted by atomic mass is 9.94. The zero-order chi connectivity index (χ0) is 21.8. The number of benzene rings is 2. The van der Waals surface area contributed by atoms with Gasteiger partial charge in [-0.3, -0.25) is 9.59 Å². The van der Waals surface area contributed by atoms with E-state index in [1.807, 2.05) is 29.0 Å². The number of anilines is 2. The van der Waals surface area contributed by atoms with E-state index in [-0.39, 0.29) is 17.6 Å². The fourth-order valence-electron chi connectivity index (χ4n) is 4.59. The van der Waals surface area contributed by atoms with Crippen molar-refractivity contribution in [1.82, 2.24) is 4.90 Å². The van der Waals surface area contributed by atoms with Crippen molar-refractivity contribution in [1.29, 1.82) is 0 Å². The molecule has 0 bridgehead atoms. The highest BCUT2D eigenvalue weighted by Crippen LogP contribution is 2.29. The number of carbonyl (C=O) groups is 2. The molecule has 1 saturated heterocycles. The molecule has 1 aliphatic carbocycles. The highest BCUT2D eigenvalue weighted by molar-refractivity contribution is 6.04. The highest BCUT2D eigenvalue weighted by Gasteiger charge is 2.21. The van der Waals surface area contributed by atoms with E-state index >= 15 is 0 Å². The third-order valence-corrected chi connectivity index (χ3v) is 6.47. The summed E-state index contributed by atoms with van der Waals surface area (Å²) in [4.78, 5) is 28.2. The van der Waals surface area contributed by atoms with Crippen LogP contribution in [0, 0.1) is 5.82 Å². The Balaban J connectivity index is 1.37. The molecular formula is C25H30FN3O2. The largest absolute Gasteiger partial charge is 0.369 e. The summed E-state index contributed by atoms with van der Waals surface area (Å²) in [7, 11) is 1.95. The number of nitrogens with one attached hydrogen (secondary N) is 1. The number of likely N-dealkylation sites (tertiary alicyclic amines) is 1. The molecule has 0 atom stereocenters. The Labute approximate surface area is 183 Å². The molecular weight excluding hydrogens is 393 g/mol. The minimum atomic E-state index is -0.323. The van der Waals surface area contributed by atoms with Crippen molar-refractivity contribution < 1.29 is 14.0 Å². The lowest BCUT2D eigenvalue weighted by Crippen LogP contribution is -2.33. The fourth-order valence-corrected chi connectivity index (χ4v) is 4.59. The van der Waals surface area contributed by atoms with Crippen LogP contribution in [0.3, 0.4) is 0 Å². The summed E-state index contributed by atoms with van der Waals surface area (Å²) in [5.41, 5.74) is 2.51. The van der Waals surface area contributed by atoms with Gasteiger partial charge in [0.25, 0.3) is 5.91 Å². The minimum absolute atomic E-state index is 0.182. The molecule has 1 heterocycles. The number of amides is 2. The van der Waals surface area contributed by atoms with Crippen LogP contribution in [0.4, 0.5) is 15.8 Å². The van der Waals surface area contributed by atoms with Gasteiger partial charge < -0.3 is 15.1 Å². The molecule has 31 heavy (non-hydrogen) atoms. The molecule has 164 valence electrons. The Morgan fingerprint density at radius 2 is 1.84 bits per heavy atom. The van der Waals surface area contributed by atoms with Crippen LogP contribution in [-0.4, -0.2) is 36.3 Å². The van der Waals surface area contributed by atoms with Gasteiger partial charge in [0.15, 0.2) is 0 Å². The molecule has 1 aliphatic heterocycles. The lowest BCUT2D eigenvalue weighted by molar-refractivity contribution is -0.128. The normalized spacial score (nSPS) is 17.1. The Morgan fingerprint density at radius 3 is 2.48 bits per heavy atom. The summed E-state index contributed by atoms with van der Waals surface area (Å²) in [5.74, 6) is -0.422. The van der Waals surface area contributed by atoms with Gasteiger partial charge in [-0.05, 0) is 55.2 Å². The molecule has 1 saturated carbocycles. The van der Waals surface area contributed by atoms with E-state index in [9.17, 15) is 14.0 Å². The fraction of sp³-hybridized carbons (Fsp3) is 0.440. The van der Waals surface area contributed by atoms with Gasteiger partial charge in [0.2, 0.25) is 5.91 Å². The maximum absolute atomic E-state index is 14.8. The number of nitrogens with zero attached hydrogens (tertiary/aromatic N) is 2. The van der Waals surface area contributed by atoms with Gasteiger partial charge in [-0.1, -0.05) is 31.4 Å². The van der Waals surface area contributed by atoms with Gasteiger partial charge in [-0.2, -0.15) is 0 Å². The van der Waals surface area contributed by atoms with Gasteiger partial charge in [-0.25, -0.2) is 4.39 Å². The molecule has 2 aromatic carbocycles. The minimum Gasteiger partial charge on any atom is -0.369 e. The average Bonchev–Trinajstić information content (AvgIpc) is 3.19. The van der Waals surface area contributed by atoms with Crippen LogP contribution >= 0.6 is 0 Å². The second-order valence-electron chi connectivity index (χ2n) is 8.64. The first kappa shape index (κ1) is 21.3. The van der Waals surface area contributed by atoms with Crippen molar-refractivity contribution in [2.45, 2.75) is 57.5 Å². The molecule has 2 aromatic rings. The predicted octanol–water partition coefficient (Wildman–Crippen LogP) is 4.97. The number of hydrogen-bond donors (Lipinski definition) is 1. The molecule has 2 aliphatic rings. The van der Waals surface area contributed by atoms with Gasteiger partial charge in [0.05, 0.1) is 5.69 Å². The second kappa shape index (κ2) is 9.50. The highest BCUT2D eigenvalue weighted by atomic mass is 19.1.